The third-order valence-electron chi connectivity index (χ3n) is 4.32. The van der Waals surface area contributed by atoms with Crippen LogP contribution in [0, 0.1) is 12.8 Å². The second-order valence-corrected chi connectivity index (χ2v) is 6.70. The van der Waals surface area contributed by atoms with Crippen molar-refractivity contribution in [3.8, 4) is 5.75 Å². The van der Waals surface area contributed by atoms with Crippen LogP contribution < -0.4 is 5.32 Å². The highest BCUT2D eigenvalue weighted by molar-refractivity contribution is 5.84. The van der Waals surface area contributed by atoms with E-state index in [9.17, 15) is 14.7 Å². The van der Waals surface area contributed by atoms with E-state index >= 15 is 0 Å². The number of carboxylic acid groups (broad SMARTS) is 1. The van der Waals surface area contributed by atoms with E-state index < -0.39 is 18.2 Å². The number of rotatable bonds is 8. The summed E-state index contributed by atoms with van der Waals surface area (Å²) in [6.07, 6.45) is 2.75. The number of phenolic OH excluding ortho intramolecular Hbond substituents is 1. The van der Waals surface area contributed by atoms with E-state index in [4.69, 9.17) is 9.84 Å². The minimum atomic E-state index is -0.989. The number of aliphatic carboxylic acids is 1. The molecule has 6 heteroatoms. The van der Waals surface area contributed by atoms with E-state index in [1.54, 1.807) is 42.5 Å². The highest BCUT2D eigenvalue weighted by Gasteiger charge is 2.23. The van der Waals surface area contributed by atoms with Crippen molar-refractivity contribution in [2.75, 3.05) is 5.32 Å². The molecule has 0 aliphatic heterocycles. The van der Waals surface area contributed by atoms with E-state index in [0.29, 0.717) is 18.5 Å². The van der Waals surface area contributed by atoms with Gasteiger partial charge in [-0.15, -0.1) is 0 Å². The van der Waals surface area contributed by atoms with Crippen LogP contribution >= 0.6 is 0 Å². The van der Waals surface area contributed by atoms with Crippen molar-refractivity contribution in [1.29, 1.82) is 0 Å². The van der Waals surface area contributed by atoms with Crippen LogP contribution in [0.15, 0.2) is 60.7 Å². The van der Waals surface area contributed by atoms with Crippen molar-refractivity contribution in [3.63, 3.8) is 0 Å². The number of aromatic hydroxyl groups is 1. The van der Waals surface area contributed by atoms with Gasteiger partial charge in [-0.2, -0.15) is 0 Å². The van der Waals surface area contributed by atoms with Crippen LogP contribution in [-0.2, 0) is 9.53 Å². The van der Waals surface area contributed by atoms with Crippen molar-refractivity contribution < 1.29 is 24.5 Å². The molecule has 0 saturated carbocycles. The molecule has 0 unspecified atom stereocenters. The summed E-state index contributed by atoms with van der Waals surface area (Å²) in [5, 5.41) is 20.9. The maximum atomic E-state index is 12.4. The predicted octanol–water partition coefficient (Wildman–Crippen LogP) is 5.05. The van der Waals surface area contributed by atoms with Crippen molar-refractivity contribution >= 4 is 17.7 Å². The summed E-state index contributed by atoms with van der Waals surface area (Å²) in [5.41, 5.74) is 2.48. The number of allylic oxidation sites excluding steroid dienone is 1. The van der Waals surface area contributed by atoms with Gasteiger partial charge >= 0.3 is 12.1 Å². The van der Waals surface area contributed by atoms with Gasteiger partial charge in [0.15, 0.2) is 0 Å². The second kappa shape index (κ2) is 10.2. The summed E-state index contributed by atoms with van der Waals surface area (Å²) >= 11 is 0. The first-order chi connectivity index (χ1) is 13.3. The van der Waals surface area contributed by atoms with Crippen LogP contribution in [0.3, 0.4) is 0 Å². The first-order valence-corrected chi connectivity index (χ1v) is 9.08. The lowest BCUT2D eigenvalue weighted by Crippen LogP contribution is -2.22. The molecule has 0 aromatic heterocycles. The smallest absolute Gasteiger partial charge is 0.412 e. The van der Waals surface area contributed by atoms with Crippen LogP contribution in [0.1, 0.15) is 37.0 Å². The fourth-order valence-electron chi connectivity index (χ4n) is 2.77. The van der Waals surface area contributed by atoms with Crippen LogP contribution in [-0.4, -0.2) is 22.3 Å². The molecule has 0 bridgehead atoms. The van der Waals surface area contributed by atoms with Crippen molar-refractivity contribution in [2.45, 2.75) is 32.8 Å². The van der Waals surface area contributed by atoms with Gasteiger partial charge in [0.2, 0.25) is 0 Å². The van der Waals surface area contributed by atoms with Crippen LogP contribution in [0.4, 0.5) is 10.5 Å². The fourth-order valence-corrected chi connectivity index (χ4v) is 2.77. The topological polar surface area (TPSA) is 95.9 Å². The van der Waals surface area contributed by atoms with E-state index in [-0.39, 0.29) is 11.7 Å². The van der Waals surface area contributed by atoms with E-state index in [1.807, 2.05) is 26.0 Å². The lowest BCUT2D eigenvalue weighted by atomic mass is 9.93. The van der Waals surface area contributed by atoms with Crippen LogP contribution in [0.2, 0.25) is 0 Å². The van der Waals surface area contributed by atoms with Gasteiger partial charge in [0.1, 0.15) is 11.9 Å². The molecular weight excluding hydrogens is 358 g/mol. The molecular formula is C22H25NO5. The van der Waals surface area contributed by atoms with Gasteiger partial charge in [-0.1, -0.05) is 42.8 Å². The Morgan fingerprint density at radius 1 is 1.11 bits per heavy atom. The Kier molecular flexibility index (Phi) is 7.63. The Hall–Kier alpha value is -3.28. The Morgan fingerprint density at radius 2 is 1.75 bits per heavy atom. The molecule has 2 aromatic rings. The molecule has 0 fully saturated rings. The summed E-state index contributed by atoms with van der Waals surface area (Å²) in [6, 6.07) is 13.9. The number of hydrogen-bond donors (Lipinski definition) is 3. The summed E-state index contributed by atoms with van der Waals surface area (Å²) < 4.78 is 5.68. The second-order valence-electron chi connectivity index (χ2n) is 6.70. The van der Waals surface area contributed by atoms with Gasteiger partial charge in [-0.25, -0.2) is 9.59 Å². The maximum Gasteiger partial charge on any atom is 0.412 e. The standard InChI is InChI=1S/C22H25NO5/c1-15-7-11-18(12-8-15)23-22(27)28-21(17-9-13-19(24)14-10-17)16(2)5-3-4-6-20(25)26/h4,6-14,16,21,24H,3,5H2,1-2H3,(H,23,27)(H,25,26)/b6-4+/t16-,21+/m1/s1. The van der Waals surface area contributed by atoms with Gasteiger partial charge in [0.05, 0.1) is 0 Å². The number of carboxylic acids is 1. The molecule has 0 aliphatic rings. The molecule has 2 atom stereocenters. The zero-order valence-corrected chi connectivity index (χ0v) is 16.0. The molecule has 0 spiro atoms. The molecule has 2 aromatic carbocycles. The van der Waals surface area contributed by atoms with E-state index in [1.165, 1.54) is 0 Å². The normalized spacial score (nSPS) is 13.1. The summed E-state index contributed by atoms with van der Waals surface area (Å²) in [7, 11) is 0. The number of amides is 1. The third kappa shape index (κ3) is 6.79. The van der Waals surface area contributed by atoms with E-state index in [2.05, 4.69) is 5.32 Å². The monoisotopic (exact) mass is 383 g/mol. The zero-order valence-electron chi connectivity index (χ0n) is 16.0. The lowest BCUT2D eigenvalue weighted by molar-refractivity contribution is -0.131. The number of carbonyl (C=O) groups excluding carboxylic acids is 1. The Bertz CT molecular complexity index is 812. The summed E-state index contributed by atoms with van der Waals surface area (Å²) in [6.45, 7) is 3.90. The van der Waals surface area contributed by atoms with Gasteiger partial charge in [-0.05, 0) is 55.5 Å². The highest BCUT2D eigenvalue weighted by atomic mass is 16.6. The largest absolute Gasteiger partial charge is 0.508 e. The quantitative estimate of drug-likeness (QED) is 0.555. The molecule has 6 nitrogen and oxygen atoms in total. The number of anilines is 1. The number of carbonyl (C=O) groups is 2. The van der Waals surface area contributed by atoms with Crippen molar-refractivity contribution in [1.82, 2.24) is 0 Å². The molecule has 0 saturated heterocycles. The van der Waals surface area contributed by atoms with Crippen molar-refractivity contribution in [2.24, 2.45) is 5.92 Å². The molecule has 0 heterocycles. The molecule has 28 heavy (non-hydrogen) atoms. The number of nitrogens with one attached hydrogen (secondary N) is 1. The maximum absolute atomic E-state index is 12.4. The predicted molar refractivity (Wildman–Crippen MR) is 107 cm³/mol. The van der Waals surface area contributed by atoms with Crippen LogP contribution in [0.25, 0.3) is 0 Å². The number of ether oxygens (including phenoxy) is 1. The summed E-state index contributed by atoms with van der Waals surface area (Å²) in [5.74, 6) is -0.924. The number of phenols is 1. The van der Waals surface area contributed by atoms with Gasteiger partial charge in [0.25, 0.3) is 0 Å². The van der Waals surface area contributed by atoms with E-state index in [0.717, 1.165) is 17.2 Å². The minimum absolute atomic E-state index is 0.0632. The first kappa shape index (κ1) is 21.0. The minimum Gasteiger partial charge on any atom is -0.508 e. The zero-order chi connectivity index (χ0) is 20.5. The molecule has 1 amide bonds. The van der Waals surface area contributed by atoms with Gasteiger partial charge in [-0.3, -0.25) is 5.32 Å². The molecule has 148 valence electrons. The number of benzene rings is 2. The first-order valence-electron chi connectivity index (χ1n) is 9.08. The average molecular weight is 383 g/mol. The third-order valence-corrected chi connectivity index (χ3v) is 4.32. The Labute approximate surface area is 164 Å². The fraction of sp³-hybridized carbons (Fsp3) is 0.273. The Balaban J connectivity index is 2.08. The summed E-state index contributed by atoms with van der Waals surface area (Å²) in [4.78, 5) is 23.0. The molecule has 0 radical (unpaired) electrons. The lowest BCUT2D eigenvalue weighted by Gasteiger charge is -2.24. The average Bonchev–Trinajstić information content (AvgIpc) is 2.66. The van der Waals surface area contributed by atoms with Crippen LogP contribution in [0.5, 0.6) is 5.75 Å². The van der Waals surface area contributed by atoms with Gasteiger partial charge < -0.3 is 14.9 Å². The molecule has 2 rings (SSSR count). The highest BCUT2D eigenvalue weighted by Crippen LogP contribution is 2.31. The SMILES string of the molecule is Cc1ccc(NC(=O)O[C@H](c2ccc(O)cc2)[C@H](C)CC/C=C/C(=O)O)cc1. The number of aryl methyl sites for hydroxylation is 1. The van der Waals surface area contributed by atoms with Crippen molar-refractivity contribution in [3.05, 3.63) is 71.8 Å². The number of hydrogen-bond acceptors (Lipinski definition) is 4. The Morgan fingerprint density at radius 3 is 2.36 bits per heavy atom. The molecule has 3 N–H and O–H groups in total. The van der Waals surface area contributed by atoms with Gasteiger partial charge in [0, 0.05) is 11.8 Å². The molecule has 0 aliphatic carbocycles.